The molecular formula is C20H19IN2O3S. The minimum absolute atomic E-state index is 0.111. The van der Waals surface area contributed by atoms with Crippen LogP contribution in [-0.2, 0) is 4.79 Å². The minimum Gasteiger partial charge on any atom is -0.504 e. The zero-order chi connectivity index (χ0) is 19.6. The molecule has 0 aliphatic carbocycles. The quantitative estimate of drug-likeness (QED) is 0.469. The van der Waals surface area contributed by atoms with E-state index in [0.717, 1.165) is 22.4 Å². The fraction of sp³-hybridized carbons (Fsp3) is 0.200. The van der Waals surface area contributed by atoms with Crippen molar-refractivity contribution in [2.45, 2.75) is 20.8 Å². The lowest BCUT2D eigenvalue weighted by atomic mass is 10.1. The summed E-state index contributed by atoms with van der Waals surface area (Å²) < 4.78 is 6.12. The molecule has 27 heavy (non-hydrogen) atoms. The van der Waals surface area contributed by atoms with E-state index < -0.39 is 0 Å². The number of thioether (sulfide) groups is 1. The number of rotatable bonds is 4. The van der Waals surface area contributed by atoms with Crippen molar-refractivity contribution >= 4 is 57.2 Å². The summed E-state index contributed by atoms with van der Waals surface area (Å²) in [6, 6.07) is 9.57. The molecule has 1 saturated heterocycles. The van der Waals surface area contributed by atoms with Crippen LogP contribution in [0.25, 0.3) is 6.08 Å². The van der Waals surface area contributed by atoms with Crippen molar-refractivity contribution in [1.29, 1.82) is 0 Å². The van der Waals surface area contributed by atoms with Crippen LogP contribution in [0, 0.1) is 17.4 Å². The van der Waals surface area contributed by atoms with Crippen molar-refractivity contribution in [2.75, 3.05) is 6.61 Å². The Kier molecular flexibility index (Phi) is 6.11. The standard InChI is InChI=1S/C20H19IN2O3S/c1-4-26-16-9-13(8-14(21)18(16)24)10-17-19(25)23-20(27-17)22-15-7-11(2)5-6-12(15)3/h5-10,24H,4H2,1-3H3,(H,22,23,25). The number of phenols is 1. The van der Waals surface area contributed by atoms with Gasteiger partial charge in [0.15, 0.2) is 16.7 Å². The molecule has 0 spiro atoms. The monoisotopic (exact) mass is 494 g/mol. The Morgan fingerprint density at radius 2 is 2.07 bits per heavy atom. The number of amides is 1. The number of nitrogens with zero attached hydrogens (tertiary/aromatic N) is 1. The van der Waals surface area contributed by atoms with E-state index in [2.05, 4.69) is 10.3 Å². The van der Waals surface area contributed by atoms with E-state index in [9.17, 15) is 9.90 Å². The summed E-state index contributed by atoms with van der Waals surface area (Å²) in [7, 11) is 0. The number of aliphatic imine (C=N–C) groups is 1. The topological polar surface area (TPSA) is 70.9 Å². The minimum atomic E-state index is -0.190. The van der Waals surface area contributed by atoms with Crippen molar-refractivity contribution in [2.24, 2.45) is 4.99 Å². The van der Waals surface area contributed by atoms with E-state index in [4.69, 9.17) is 4.74 Å². The average molecular weight is 494 g/mol. The third-order valence-corrected chi connectivity index (χ3v) is 5.62. The SMILES string of the molecule is CCOc1cc(C=C2SC(=Nc3cc(C)ccc3C)NC2=O)cc(I)c1O. The Morgan fingerprint density at radius 1 is 1.30 bits per heavy atom. The van der Waals surface area contributed by atoms with E-state index >= 15 is 0 Å². The summed E-state index contributed by atoms with van der Waals surface area (Å²) in [5, 5.41) is 13.4. The lowest BCUT2D eigenvalue weighted by Crippen LogP contribution is -2.19. The molecule has 1 aliphatic rings. The van der Waals surface area contributed by atoms with E-state index in [1.807, 2.05) is 61.6 Å². The largest absolute Gasteiger partial charge is 0.504 e. The van der Waals surface area contributed by atoms with Crippen LogP contribution in [0.2, 0.25) is 0 Å². The molecule has 1 amide bonds. The summed E-state index contributed by atoms with van der Waals surface area (Å²) in [5.74, 6) is 0.328. The lowest BCUT2D eigenvalue weighted by molar-refractivity contribution is -0.115. The van der Waals surface area contributed by atoms with Crippen LogP contribution in [0.3, 0.4) is 0 Å². The van der Waals surface area contributed by atoms with Crippen LogP contribution < -0.4 is 10.1 Å². The van der Waals surface area contributed by atoms with Gasteiger partial charge in [-0.25, -0.2) is 4.99 Å². The van der Waals surface area contributed by atoms with Gasteiger partial charge in [0.2, 0.25) is 0 Å². The fourth-order valence-corrected chi connectivity index (χ4v) is 3.98. The molecule has 3 rings (SSSR count). The summed E-state index contributed by atoms with van der Waals surface area (Å²) >= 11 is 3.34. The molecule has 140 valence electrons. The molecule has 0 atom stereocenters. The van der Waals surface area contributed by atoms with Gasteiger partial charge in [-0.05, 0) is 96.1 Å². The van der Waals surface area contributed by atoms with Crippen LogP contribution in [0.5, 0.6) is 11.5 Å². The predicted octanol–water partition coefficient (Wildman–Crippen LogP) is 4.90. The Morgan fingerprint density at radius 3 is 2.81 bits per heavy atom. The molecule has 0 unspecified atom stereocenters. The van der Waals surface area contributed by atoms with Crippen molar-refractivity contribution in [3.8, 4) is 11.5 Å². The van der Waals surface area contributed by atoms with Crippen molar-refractivity contribution in [3.05, 3.63) is 55.5 Å². The fourth-order valence-electron chi connectivity index (χ4n) is 2.52. The van der Waals surface area contributed by atoms with Gasteiger partial charge in [0, 0.05) is 0 Å². The molecule has 7 heteroatoms. The normalized spacial score (nSPS) is 16.8. The number of amidine groups is 1. The third-order valence-electron chi connectivity index (χ3n) is 3.89. The molecule has 1 aliphatic heterocycles. The summed E-state index contributed by atoms with van der Waals surface area (Å²) in [6.45, 7) is 6.31. The summed E-state index contributed by atoms with van der Waals surface area (Å²) in [6.07, 6.45) is 1.77. The smallest absolute Gasteiger partial charge is 0.264 e. The van der Waals surface area contributed by atoms with Gasteiger partial charge in [-0.1, -0.05) is 12.1 Å². The van der Waals surface area contributed by atoms with E-state index in [0.29, 0.717) is 26.0 Å². The molecular weight excluding hydrogens is 475 g/mol. The number of aryl methyl sites for hydroxylation is 2. The van der Waals surface area contributed by atoms with E-state index in [-0.39, 0.29) is 11.7 Å². The number of nitrogens with one attached hydrogen (secondary N) is 1. The first kappa shape index (κ1) is 19.8. The maximum absolute atomic E-state index is 12.3. The number of benzene rings is 2. The zero-order valence-corrected chi connectivity index (χ0v) is 18.1. The van der Waals surface area contributed by atoms with Gasteiger partial charge in [0.1, 0.15) is 0 Å². The number of halogens is 1. The number of carbonyl (C=O) groups excluding carboxylic acids is 1. The van der Waals surface area contributed by atoms with Gasteiger partial charge in [0.25, 0.3) is 5.91 Å². The van der Waals surface area contributed by atoms with Crippen LogP contribution in [0.1, 0.15) is 23.6 Å². The molecule has 1 fully saturated rings. The first-order valence-electron chi connectivity index (χ1n) is 8.39. The highest BCUT2D eigenvalue weighted by molar-refractivity contribution is 14.1. The van der Waals surface area contributed by atoms with Gasteiger partial charge in [-0.2, -0.15) is 0 Å². The third kappa shape index (κ3) is 4.65. The first-order chi connectivity index (χ1) is 12.9. The number of hydrogen-bond donors (Lipinski definition) is 2. The zero-order valence-electron chi connectivity index (χ0n) is 15.2. The highest BCUT2D eigenvalue weighted by Gasteiger charge is 2.24. The molecule has 5 nitrogen and oxygen atoms in total. The van der Waals surface area contributed by atoms with Gasteiger partial charge >= 0.3 is 0 Å². The number of ether oxygens (including phenoxy) is 1. The molecule has 2 aromatic rings. The maximum atomic E-state index is 12.3. The second-order valence-electron chi connectivity index (χ2n) is 6.05. The van der Waals surface area contributed by atoms with Crippen molar-refractivity contribution < 1.29 is 14.6 Å². The van der Waals surface area contributed by atoms with Crippen LogP contribution >= 0.6 is 34.4 Å². The van der Waals surface area contributed by atoms with Gasteiger partial charge in [0.05, 0.1) is 20.8 Å². The molecule has 0 aromatic heterocycles. The Bertz CT molecular complexity index is 970. The maximum Gasteiger partial charge on any atom is 0.264 e. The molecule has 0 bridgehead atoms. The second kappa shape index (κ2) is 8.35. The number of phenolic OH excluding ortho intramolecular Hbond substituents is 1. The van der Waals surface area contributed by atoms with Crippen molar-refractivity contribution in [1.82, 2.24) is 5.32 Å². The molecule has 0 saturated carbocycles. The van der Waals surface area contributed by atoms with Crippen LogP contribution in [-0.4, -0.2) is 22.8 Å². The van der Waals surface area contributed by atoms with Gasteiger partial charge in [-0.15, -0.1) is 0 Å². The van der Waals surface area contributed by atoms with Crippen molar-refractivity contribution in [3.63, 3.8) is 0 Å². The second-order valence-corrected chi connectivity index (χ2v) is 8.25. The summed E-state index contributed by atoms with van der Waals surface area (Å²) in [5.41, 5.74) is 3.80. The molecule has 2 N–H and O–H groups in total. The highest BCUT2D eigenvalue weighted by Crippen LogP contribution is 2.35. The first-order valence-corrected chi connectivity index (χ1v) is 10.3. The molecule has 1 heterocycles. The Balaban J connectivity index is 1.90. The van der Waals surface area contributed by atoms with Crippen LogP contribution in [0.4, 0.5) is 5.69 Å². The van der Waals surface area contributed by atoms with Gasteiger partial charge in [-0.3, -0.25) is 4.79 Å². The molecule has 2 aromatic carbocycles. The number of carbonyl (C=O) groups is 1. The number of hydrogen-bond acceptors (Lipinski definition) is 5. The Hall–Kier alpha value is -2.00. The number of aromatic hydroxyl groups is 1. The summed E-state index contributed by atoms with van der Waals surface area (Å²) in [4.78, 5) is 17.5. The lowest BCUT2D eigenvalue weighted by Gasteiger charge is -2.08. The highest BCUT2D eigenvalue weighted by atomic mass is 127. The average Bonchev–Trinajstić information content (AvgIpc) is 2.95. The van der Waals surface area contributed by atoms with Crippen LogP contribution in [0.15, 0.2) is 40.2 Å². The van der Waals surface area contributed by atoms with E-state index in [1.54, 1.807) is 18.2 Å². The Labute approximate surface area is 176 Å². The van der Waals surface area contributed by atoms with Gasteiger partial charge < -0.3 is 15.2 Å². The van der Waals surface area contributed by atoms with E-state index in [1.165, 1.54) is 11.8 Å². The molecule has 0 radical (unpaired) electrons. The predicted molar refractivity (Wildman–Crippen MR) is 119 cm³/mol.